The van der Waals surface area contributed by atoms with E-state index in [4.69, 9.17) is 0 Å². The SMILES string of the molecule is Cc1cc2c(=O)[nH]c(Cn3cc(CCOS(C)(=O)=O)c(F)n3)nc2s1. The number of rotatable bonds is 6. The molecule has 134 valence electrons. The van der Waals surface area contributed by atoms with Gasteiger partial charge in [-0.25, -0.2) is 4.98 Å². The number of nitrogens with zero attached hydrogens (tertiary/aromatic N) is 3. The summed E-state index contributed by atoms with van der Waals surface area (Å²) in [6.45, 7) is 1.81. The lowest BCUT2D eigenvalue weighted by Crippen LogP contribution is -2.13. The van der Waals surface area contributed by atoms with Gasteiger partial charge in [-0.15, -0.1) is 16.4 Å². The summed E-state index contributed by atoms with van der Waals surface area (Å²) in [5.74, 6) is -0.353. The lowest BCUT2D eigenvalue weighted by molar-refractivity contribution is 0.324. The van der Waals surface area contributed by atoms with Gasteiger partial charge in [0.15, 0.2) is 0 Å². The van der Waals surface area contributed by atoms with Gasteiger partial charge >= 0.3 is 0 Å². The molecule has 0 radical (unpaired) electrons. The molecule has 0 fully saturated rings. The molecule has 3 rings (SSSR count). The first kappa shape index (κ1) is 17.7. The zero-order valence-electron chi connectivity index (χ0n) is 13.4. The molecule has 0 saturated carbocycles. The maximum atomic E-state index is 13.8. The van der Waals surface area contributed by atoms with Crippen molar-refractivity contribution in [2.75, 3.05) is 12.9 Å². The maximum absolute atomic E-state index is 13.8. The van der Waals surface area contributed by atoms with E-state index in [0.717, 1.165) is 11.1 Å². The predicted octanol–water partition coefficient (Wildman–Crippen LogP) is 1.20. The molecule has 0 spiro atoms. The number of aryl methyl sites for hydroxylation is 1. The summed E-state index contributed by atoms with van der Waals surface area (Å²) in [4.78, 5) is 20.7. The molecule has 25 heavy (non-hydrogen) atoms. The number of aromatic nitrogens is 4. The molecule has 0 aliphatic carbocycles. The first-order valence-electron chi connectivity index (χ1n) is 7.27. The minimum absolute atomic E-state index is 0.0615. The number of hydrogen-bond acceptors (Lipinski definition) is 7. The molecule has 3 heterocycles. The lowest BCUT2D eigenvalue weighted by atomic mass is 10.3. The van der Waals surface area contributed by atoms with Crippen molar-refractivity contribution < 1.29 is 17.0 Å². The van der Waals surface area contributed by atoms with E-state index in [2.05, 4.69) is 19.2 Å². The zero-order chi connectivity index (χ0) is 18.2. The van der Waals surface area contributed by atoms with Gasteiger partial charge in [0.1, 0.15) is 10.7 Å². The number of H-pyrrole nitrogens is 1. The second-order valence-electron chi connectivity index (χ2n) is 5.51. The van der Waals surface area contributed by atoms with Crippen molar-refractivity contribution in [2.24, 2.45) is 0 Å². The molecule has 0 aliphatic heterocycles. The van der Waals surface area contributed by atoms with Crippen LogP contribution in [0.25, 0.3) is 10.2 Å². The summed E-state index contributed by atoms with van der Waals surface area (Å²) < 4.78 is 41.6. The molecule has 1 N–H and O–H groups in total. The van der Waals surface area contributed by atoms with Crippen LogP contribution in [-0.4, -0.2) is 41.0 Å². The molecule has 0 aromatic carbocycles. The van der Waals surface area contributed by atoms with Crippen LogP contribution in [0.5, 0.6) is 0 Å². The Morgan fingerprint density at radius 1 is 1.44 bits per heavy atom. The second kappa shape index (κ2) is 6.65. The van der Waals surface area contributed by atoms with Crippen LogP contribution >= 0.6 is 11.3 Å². The highest BCUT2D eigenvalue weighted by Gasteiger charge is 2.12. The van der Waals surface area contributed by atoms with Gasteiger partial charge in [-0.1, -0.05) is 0 Å². The van der Waals surface area contributed by atoms with E-state index in [9.17, 15) is 17.6 Å². The molecule has 0 atom stereocenters. The van der Waals surface area contributed by atoms with Crippen molar-refractivity contribution in [1.29, 1.82) is 0 Å². The second-order valence-corrected chi connectivity index (χ2v) is 8.39. The molecular formula is C14H15FN4O4S2. The van der Waals surface area contributed by atoms with Crippen LogP contribution in [0.1, 0.15) is 16.3 Å². The maximum Gasteiger partial charge on any atom is 0.264 e. The van der Waals surface area contributed by atoms with Gasteiger partial charge in [-0.2, -0.15) is 12.8 Å². The van der Waals surface area contributed by atoms with Crippen LogP contribution in [0.3, 0.4) is 0 Å². The quantitative estimate of drug-likeness (QED) is 0.638. The zero-order valence-corrected chi connectivity index (χ0v) is 15.1. The van der Waals surface area contributed by atoms with Crippen molar-refractivity contribution >= 4 is 31.7 Å². The Labute approximate surface area is 146 Å². The summed E-state index contributed by atoms with van der Waals surface area (Å²) >= 11 is 1.40. The van der Waals surface area contributed by atoms with Crippen LogP contribution in [0.2, 0.25) is 0 Å². The van der Waals surface area contributed by atoms with Crippen molar-refractivity contribution in [1.82, 2.24) is 19.7 Å². The summed E-state index contributed by atoms with van der Waals surface area (Å²) in [5.41, 5.74) is -0.0298. The van der Waals surface area contributed by atoms with Crippen molar-refractivity contribution in [2.45, 2.75) is 19.9 Å². The molecule has 3 aromatic rings. The molecule has 3 aromatic heterocycles. The van der Waals surface area contributed by atoms with Gasteiger partial charge < -0.3 is 4.98 Å². The summed E-state index contributed by atoms with van der Waals surface area (Å²) in [6.07, 6.45) is 2.42. The van der Waals surface area contributed by atoms with Crippen molar-refractivity contribution in [3.8, 4) is 0 Å². The van der Waals surface area contributed by atoms with Crippen molar-refractivity contribution in [3.63, 3.8) is 0 Å². The van der Waals surface area contributed by atoms with Crippen LogP contribution < -0.4 is 5.56 Å². The Morgan fingerprint density at radius 2 is 2.20 bits per heavy atom. The van der Waals surface area contributed by atoms with E-state index in [0.29, 0.717) is 16.0 Å². The smallest absolute Gasteiger partial charge is 0.264 e. The molecular weight excluding hydrogens is 371 g/mol. The van der Waals surface area contributed by atoms with Crippen LogP contribution in [0.15, 0.2) is 17.1 Å². The highest BCUT2D eigenvalue weighted by molar-refractivity contribution is 7.85. The average molecular weight is 386 g/mol. The topological polar surface area (TPSA) is 107 Å². The standard InChI is InChI=1S/C14H15FN4O4S2/c1-8-5-10-13(20)16-11(17-14(10)24-8)7-19-6-9(12(15)18-19)3-4-23-25(2,21)22/h5-6H,3-4,7H2,1-2H3,(H,16,17,20). The van der Waals surface area contributed by atoms with Crippen LogP contribution in [0, 0.1) is 12.9 Å². The first-order chi connectivity index (χ1) is 11.7. The minimum atomic E-state index is -3.57. The Hall–Kier alpha value is -2.11. The van der Waals surface area contributed by atoms with E-state index >= 15 is 0 Å². The van der Waals surface area contributed by atoms with E-state index in [1.54, 1.807) is 6.07 Å². The van der Waals surface area contributed by atoms with Crippen molar-refractivity contribution in [3.05, 3.63) is 44.8 Å². The third-order valence-corrected chi connectivity index (χ3v) is 4.88. The van der Waals surface area contributed by atoms with E-state index < -0.39 is 16.1 Å². The molecule has 0 unspecified atom stereocenters. The van der Waals surface area contributed by atoms with Gasteiger partial charge in [-0.05, 0) is 13.0 Å². The Morgan fingerprint density at radius 3 is 2.92 bits per heavy atom. The van der Waals surface area contributed by atoms with Gasteiger partial charge in [0.2, 0.25) is 5.95 Å². The monoisotopic (exact) mass is 386 g/mol. The van der Waals surface area contributed by atoms with Gasteiger partial charge in [0.05, 0.1) is 24.8 Å². The minimum Gasteiger partial charge on any atom is -0.308 e. The fourth-order valence-electron chi connectivity index (χ4n) is 2.32. The fraction of sp³-hybridized carbons (Fsp3) is 0.357. The van der Waals surface area contributed by atoms with E-state index in [-0.39, 0.29) is 30.7 Å². The normalized spacial score (nSPS) is 12.1. The first-order valence-corrected chi connectivity index (χ1v) is 9.90. The third kappa shape index (κ3) is 4.30. The predicted molar refractivity (Wildman–Crippen MR) is 90.8 cm³/mol. The Bertz CT molecular complexity index is 1080. The molecule has 0 saturated heterocycles. The molecule has 0 bridgehead atoms. The number of halogens is 1. The fourth-order valence-corrected chi connectivity index (χ4v) is 3.60. The van der Waals surface area contributed by atoms with Gasteiger partial charge in [0.25, 0.3) is 15.7 Å². The van der Waals surface area contributed by atoms with Crippen LogP contribution in [-0.2, 0) is 27.3 Å². The van der Waals surface area contributed by atoms with Crippen LogP contribution in [0.4, 0.5) is 4.39 Å². The number of fused-ring (bicyclic) bond motifs is 1. The summed E-state index contributed by atoms with van der Waals surface area (Å²) in [7, 11) is -3.57. The summed E-state index contributed by atoms with van der Waals surface area (Å²) in [6, 6.07) is 1.77. The molecule has 11 heteroatoms. The highest BCUT2D eigenvalue weighted by Crippen LogP contribution is 2.20. The summed E-state index contributed by atoms with van der Waals surface area (Å²) in [5, 5.41) is 4.25. The van der Waals surface area contributed by atoms with Gasteiger partial charge in [0, 0.05) is 23.1 Å². The Kier molecular flexibility index (Phi) is 4.71. The molecule has 0 amide bonds. The van der Waals surface area contributed by atoms with E-state index in [1.165, 1.54) is 22.2 Å². The largest absolute Gasteiger partial charge is 0.308 e. The average Bonchev–Trinajstić information content (AvgIpc) is 3.01. The van der Waals surface area contributed by atoms with E-state index in [1.807, 2.05) is 6.92 Å². The number of thiophene rings is 1. The highest BCUT2D eigenvalue weighted by atomic mass is 32.2. The third-order valence-electron chi connectivity index (χ3n) is 3.34. The molecule has 0 aliphatic rings. The number of nitrogens with one attached hydrogen (secondary N) is 1. The van der Waals surface area contributed by atoms with Gasteiger partial charge in [-0.3, -0.25) is 13.7 Å². The number of aromatic amines is 1. The lowest BCUT2D eigenvalue weighted by Gasteiger charge is -2.01. The Balaban J connectivity index is 1.77. The number of hydrogen-bond donors (Lipinski definition) is 1. The molecule has 8 nitrogen and oxygen atoms in total.